The van der Waals surface area contributed by atoms with Crippen molar-refractivity contribution < 1.29 is 13.5 Å². The minimum atomic E-state index is -2.77. The molecule has 0 aromatic heterocycles. The second-order valence-corrected chi connectivity index (χ2v) is 2.55. The molecule has 0 atom stereocenters. The van der Waals surface area contributed by atoms with E-state index >= 15 is 0 Å². The van der Waals surface area contributed by atoms with Crippen LogP contribution in [0.15, 0.2) is 36.5 Å². The first-order chi connectivity index (χ1) is 6.72. The van der Waals surface area contributed by atoms with E-state index in [0.717, 1.165) is 5.69 Å². The van der Waals surface area contributed by atoms with Crippen LogP contribution in [0.25, 0.3) is 0 Å². The summed E-state index contributed by atoms with van der Waals surface area (Å²) >= 11 is 0. The molecule has 0 aliphatic carbocycles. The van der Waals surface area contributed by atoms with Gasteiger partial charge in [-0.25, -0.2) is 0 Å². The van der Waals surface area contributed by atoms with Gasteiger partial charge in [0.25, 0.3) is 0 Å². The van der Waals surface area contributed by atoms with Gasteiger partial charge in [-0.15, -0.1) is 0 Å². The third kappa shape index (κ3) is 3.43. The zero-order valence-electron chi connectivity index (χ0n) is 7.71. The third-order valence-corrected chi connectivity index (χ3v) is 1.50. The van der Waals surface area contributed by atoms with Crippen LogP contribution in [0.1, 0.15) is 6.92 Å². The minimum Gasteiger partial charge on any atom is -0.435 e. The van der Waals surface area contributed by atoms with Gasteiger partial charge in [0.05, 0.1) is 0 Å². The molecule has 76 valence electrons. The summed E-state index contributed by atoms with van der Waals surface area (Å²) in [5.74, 6) is 0.158. The summed E-state index contributed by atoms with van der Waals surface area (Å²) in [6.07, 6.45) is 3.59. The zero-order valence-corrected chi connectivity index (χ0v) is 7.71. The van der Waals surface area contributed by atoms with E-state index in [9.17, 15) is 8.78 Å². The molecule has 0 saturated carbocycles. The van der Waals surface area contributed by atoms with Crippen LogP contribution in [0.3, 0.4) is 0 Å². The topological polar surface area (TPSA) is 21.3 Å². The van der Waals surface area contributed by atoms with Crippen molar-refractivity contribution in [3.63, 3.8) is 0 Å². The van der Waals surface area contributed by atoms with Gasteiger partial charge in [0.15, 0.2) is 0 Å². The van der Waals surface area contributed by atoms with Crippen LogP contribution in [-0.4, -0.2) is 6.61 Å². The Balaban J connectivity index is 2.59. The highest BCUT2D eigenvalue weighted by Gasteiger charge is 2.02. The molecule has 0 aliphatic heterocycles. The molecule has 0 unspecified atom stereocenters. The quantitative estimate of drug-likeness (QED) is 0.803. The van der Waals surface area contributed by atoms with Crippen LogP contribution >= 0.6 is 0 Å². The lowest BCUT2D eigenvalue weighted by Gasteiger charge is -2.05. The van der Waals surface area contributed by atoms with Crippen molar-refractivity contribution in [3.8, 4) is 5.75 Å². The maximum absolute atomic E-state index is 11.8. The number of alkyl halides is 2. The van der Waals surface area contributed by atoms with Gasteiger partial charge in [-0.3, -0.25) is 0 Å². The van der Waals surface area contributed by atoms with Gasteiger partial charge in [-0.1, -0.05) is 6.08 Å². The number of allylic oxidation sites excluding steroid dienone is 1. The van der Waals surface area contributed by atoms with E-state index in [-0.39, 0.29) is 5.75 Å². The van der Waals surface area contributed by atoms with Crippen molar-refractivity contribution in [2.45, 2.75) is 13.5 Å². The van der Waals surface area contributed by atoms with Crippen LogP contribution < -0.4 is 10.1 Å². The van der Waals surface area contributed by atoms with Crippen molar-refractivity contribution in [2.75, 3.05) is 5.32 Å². The third-order valence-electron chi connectivity index (χ3n) is 1.50. The van der Waals surface area contributed by atoms with Crippen LogP contribution in [0, 0.1) is 0 Å². The van der Waals surface area contributed by atoms with Gasteiger partial charge in [0.1, 0.15) is 5.75 Å². The fourth-order valence-electron chi connectivity index (χ4n) is 0.912. The number of nitrogens with one attached hydrogen (secondary N) is 1. The van der Waals surface area contributed by atoms with Gasteiger partial charge < -0.3 is 10.1 Å². The Kier molecular flexibility index (Phi) is 3.91. The molecule has 0 saturated heterocycles. The second-order valence-electron chi connectivity index (χ2n) is 2.55. The van der Waals surface area contributed by atoms with E-state index in [1.807, 2.05) is 13.0 Å². The van der Waals surface area contributed by atoms with Crippen molar-refractivity contribution in [3.05, 3.63) is 36.5 Å². The molecule has 4 heteroatoms. The number of hydrogen-bond donors (Lipinski definition) is 1. The fourth-order valence-corrected chi connectivity index (χ4v) is 0.912. The smallest absolute Gasteiger partial charge is 0.387 e. The fraction of sp³-hybridized carbons (Fsp3) is 0.200. The standard InChI is InChI=1S/C10H11F2NO/c1-2-7-13-8-3-5-9(6-4-8)14-10(11)12/h2-7,10,13H,1H3. The molecule has 1 rings (SSSR count). The van der Waals surface area contributed by atoms with E-state index in [0.29, 0.717) is 0 Å². The maximum Gasteiger partial charge on any atom is 0.387 e. The number of benzene rings is 1. The number of anilines is 1. The van der Waals surface area contributed by atoms with E-state index in [4.69, 9.17) is 0 Å². The highest BCUT2D eigenvalue weighted by atomic mass is 19.3. The molecule has 0 bridgehead atoms. The molecule has 0 radical (unpaired) electrons. The van der Waals surface area contributed by atoms with Gasteiger partial charge in [-0.05, 0) is 37.4 Å². The minimum absolute atomic E-state index is 0.158. The van der Waals surface area contributed by atoms with Crippen LogP contribution in [0.5, 0.6) is 5.75 Å². The SMILES string of the molecule is CC=CNc1ccc(OC(F)F)cc1. The van der Waals surface area contributed by atoms with E-state index < -0.39 is 6.61 Å². The molecule has 2 nitrogen and oxygen atoms in total. The maximum atomic E-state index is 11.8. The number of ether oxygens (including phenoxy) is 1. The Bertz CT molecular complexity index is 295. The Labute approximate surface area is 81.2 Å². The molecule has 0 aliphatic rings. The summed E-state index contributed by atoms with van der Waals surface area (Å²) in [6.45, 7) is -0.897. The van der Waals surface area contributed by atoms with Gasteiger partial charge in [0.2, 0.25) is 0 Å². The predicted octanol–water partition coefficient (Wildman–Crippen LogP) is 3.23. The van der Waals surface area contributed by atoms with Crippen molar-refractivity contribution >= 4 is 5.69 Å². The average molecular weight is 199 g/mol. The molecule has 14 heavy (non-hydrogen) atoms. The Hall–Kier alpha value is -1.58. The summed E-state index contributed by atoms with van der Waals surface area (Å²) in [5, 5.41) is 2.95. The number of rotatable bonds is 4. The van der Waals surface area contributed by atoms with Crippen LogP contribution in [0.2, 0.25) is 0 Å². The van der Waals surface area contributed by atoms with E-state index in [1.54, 1.807) is 18.3 Å². The molecule has 0 amide bonds. The van der Waals surface area contributed by atoms with E-state index in [2.05, 4.69) is 10.1 Å². The summed E-state index contributed by atoms with van der Waals surface area (Å²) in [6, 6.07) is 6.30. The molecule has 0 fully saturated rings. The van der Waals surface area contributed by atoms with Crippen molar-refractivity contribution in [1.82, 2.24) is 0 Å². The van der Waals surface area contributed by atoms with Crippen molar-refractivity contribution in [2.24, 2.45) is 0 Å². The Morgan fingerprint density at radius 1 is 1.29 bits per heavy atom. The van der Waals surface area contributed by atoms with Crippen LogP contribution in [0.4, 0.5) is 14.5 Å². The number of hydrogen-bond acceptors (Lipinski definition) is 2. The van der Waals surface area contributed by atoms with Crippen LogP contribution in [-0.2, 0) is 0 Å². The summed E-state index contributed by atoms with van der Waals surface area (Å²) in [4.78, 5) is 0. The molecular formula is C10H11F2NO. The molecule has 1 aromatic rings. The lowest BCUT2D eigenvalue weighted by Crippen LogP contribution is -2.01. The molecule has 1 aromatic carbocycles. The average Bonchev–Trinajstić information content (AvgIpc) is 2.16. The first kappa shape index (κ1) is 10.5. The van der Waals surface area contributed by atoms with E-state index in [1.165, 1.54) is 12.1 Å². The highest BCUT2D eigenvalue weighted by Crippen LogP contribution is 2.17. The monoisotopic (exact) mass is 199 g/mol. The van der Waals surface area contributed by atoms with Gasteiger partial charge >= 0.3 is 6.61 Å². The molecule has 0 spiro atoms. The second kappa shape index (κ2) is 5.21. The van der Waals surface area contributed by atoms with Gasteiger partial charge in [0, 0.05) is 5.69 Å². The predicted molar refractivity (Wildman–Crippen MR) is 51.5 cm³/mol. The summed E-state index contributed by atoms with van der Waals surface area (Å²) in [7, 11) is 0. The molecule has 1 N–H and O–H groups in total. The van der Waals surface area contributed by atoms with Gasteiger partial charge in [-0.2, -0.15) is 8.78 Å². The molecule has 0 heterocycles. The lowest BCUT2D eigenvalue weighted by atomic mass is 10.3. The zero-order chi connectivity index (χ0) is 10.4. The highest BCUT2D eigenvalue weighted by molar-refractivity contribution is 5.48. The summed E-state index contributed by atoms with van der Waals surface area (Å²) < 4.78 is 27.7. The van der Waals surface area contributed by atoms with Crippen molar-refractivity contribution in [1.29, 1.82) is 0 Å². The normalized spacial score (nSPS) is 10.9. The molecular weight excluding hydrogens is 188 g/mol. The first-order valence-electron chi connectivity index (χ1n) is 4.15. The Morgan fingerprint density at radius 2 is 1.93 bits per heavy atom. The lowest BCUT2D eigenvalue weighted by molar-refractivity contribution is -0.0498. The Morgan fingerprint density at radius 3 is 2.43 bits per heavy atom. The summed E-state index contributed by atoms with van der Waals surface area (Å²) in [5.41, 5.74) is 0.824. The largest absolute Gasteiger partial charge is 0.435 e. The number of halogens is 2. The first-order valence-corrected chi connectivity index (χ1v) is 4.15.